The molecule has 0 aliphatic carbocycles. The van der Waals surface area contributed by atoms with E-state index in [2.05, 4.69) is 26.0 Å². The van der Waals surface area contributed by atoms with Crippen molar-refractivity contribution >= 4 is 15.9 Å². The van der Waals surface area contributed by atoms with Gasteiger partial charge in [-0.1, -0.05) is 6.07 Å². The Morgan fingerprint density at radius 2 is 2.00 bits per heavy atom. The highest BCUT2D eigenvalue weighted by Crippen LogP contribution is 2.26. The molecule has 0 saturated heterocycles. The number of aromatic nitrogens is 4. The number of hydrogen-bond donors (Lipinski definition) is 0. The Morgan fingerprint density at radius 3 is 2.50 bits per heavy atom. The van der Waals surface area contributed by atoms with Crippen LogP contribution in [0.5, 0.6) is 0 Å². The summed E-state index contributed by atoms with van der Waals surface area (Å²) in [4.78, 5) is 15.5. The number of hydrogen-bond acceptors (Lipinski definition) is 3. The molecule has 0 radical (unpaired) electrons. The minimum absolute atomic E-state index is 0.0143. The summed E-state index contributed by atoms with van der Waals surface area (Å²) in [6, 6.07) is 4.52. The van der Waals surface area contributed by atoms with Crippen LogP contribution in [0.2, 0.25) is 0 Å². The Balaban J connectivity index is 2.64. The van der Waals surface area contributed by atoms with E-state index in [9.17, 15) is 18.0 Å². The van der Waals surface area contributed by atoms with Crippen LogP contribution in [0.3, 0.4) is 0 Å². The summed E-state index contributed by atoms with van der Waals surface area (Å²) in [7, 11) is 1.01. The van der Waals surface area contributed by atoms with Gasteiger partial charge < -0.3 is 0 Å². The van der Waals surface area contributed by atoms with Crippen molar-refractivity contribution in [2.24, 2.45) is 7.05 Å². The Hall–Kier alpha value is -1.64. The van der Waals surface area contributed by atoms with E-state index in [0.29, 0.717) is 13.9 Å². The first-order valence-corrected chi connectivity index (χ1v) is 5.46. The smallest absolute Gasteiger partial charge is 0.274 e. The molecule has 0 spiro atoms. The SMILES string of the molecule is Cn1c(C(F)(F)F)nn(-c2cccc(Br)n2)c1=O. The minimum Gasteiger partial charge on any atom is -0.274 e. The van der Waals surface area contributed by atoms with E-state index < -0.39 is 17.7 Å². The molecule has 0 saturated carbocycles. The van der Waals surface area contributed by atoms with Gasteiger partial charge in [-0.3, -0.25) is 4.57 Å². The van der Waals surface area contributed by atoms with Crippen molar-refractivity contribution in [1.29, 1.82) is 0 Å². The van der Waals surface area contributed by atoms with Gasteiger partial charge in [-0.2, -0.15) is 17.9 Å². The van der Waals surface area contributed by atoms with Crippen LogP contribution in [-0.4, -0.2) is 19.3 Å². The van der Waals surface area contributed by atoms with Gasteiger partial charge in [-0.05, 0) is 28.1 Å². The van der Waals surface area contributed by atoms with Crippen LogP contribution in [0.25, 0.3) is 5.82 Å². The van der Waals surface area contributed by atoms with Gasteiger partial charge in [-0.15, -0.1) is 5.10 Å². The Morgan fingerprint density at radius 1 is 1.33 bits per heavy atom. The highest BCUT2D eigenvalue weighted by molar-refractivity contribution is 9.10. The predicted octanol–water partition coefficient (Wildman–Crippen LogP) is 1.75. The van der Waals surface area contributed by atoms with Crippen molar-refractivity contribution < 1.29 is 13.2 Å². The number of halogens is 4. The third kappa shape index (κ3) is 2.17. The average Bonchev–Trinajstić information content (AvgIpc) is 2.55. The van der Waals surface area contributed by atoms with E-state index in [-0.39, 0.29) is 5.82 Å². The van der Waals surface area contributed by atoms with E-state index in [0.717, 1.165) is 7.05 Å². The van der Waals surface area contributed by atoms with Gasteiger partial charge in [0.1, 0.15) is 4.60 Å². The Labute approximate surface area is 107 Å². The van der Waals surface area contributed by atoms with Gasteiger partial charge in [0, 0.05) is 7.05 Å². The molecule has 0 unspecified atom stereocenters. The van der Waals surface area contributed by atoms with Gasteiger partial charge >= 0.3 is 11.9 Å². The van der Waals surface area contributed by atoms with Crippen molar-refractivity contribution in [2.75, 3.05) is 0 Å². The van der Waals surface area contributed by atoms with Crippen molar-refractivity contribution in [3.63, 3.8) is 0 Å². The van der Waals surface area contributed by atoms with Crippen molar-refractivity contribution in [1.82, 2.24) is 19.3 Å². The second-order valence-electron chi connectivity index (χ2n) is 3.39. The number of pyridine rings is 1. The van der Waals surface area contributed by atoms with Crippen molar-refractivity contribution in [2.45, 2.75) is 6.18 Å². The Bertz CT molecular complexity index is 646. The van der Waals surface area contributed by atoms with E-state index in [1.165, 1.54) is 6.07 Å². The van der Waals surface area contributed by atoms with Gasteiger partial charge in [0.15, 0.2) is 5.82 Å². The van der Waals surface area contributed by atoms with Crippen molar-refractivity contribution in [3.8, 4) is 5.82 Å². The van der Waals surface area contributed by atoms with E-state index >= 15 is 0 Å². The Kier molecular flexibility index (Phi) is 3.01. The van der Waals surface area contributed by atoms with Crippen LogP contribution in [0.15, 0.2) is 27.6 Å². The van der Waals surface area contributed by atoms with Crippen LogP contribution >= 0.6 is 15.9 Å². The normalized spacial score (nSPS) is 11.8. The quantitative estimate of drug-likeness (QED) is 0.752. The predicted molar refractivity (Wildman–Crippen MR) is 59.3 cm³/mol. The summed E-state index contributed by atoms with van der Waals surface area (Å²) >= 11 is 3.07. The number of rotatable bonds is 1. The molecule has 2 heterocycles. The van der Waals surface area contributed by atoms with Gasteiger partial charge in [0.05, 0.1) is 0 Å². The fourth-order valence-electron chi connectivity index (χ4n) is 1.35. The molecule has 9 heteroatoms. The lowest BCUT2D eigenvalue weighted by Gasteiger charge is -2.02. The highest BCUT2D eigenvalue weighted by Gasteiger charge is 2.38. The molecular formula is C9H6BrF3N4O. The molecule has 2 rings (SSSR count). The summed E-state index contributed by atoms with van der Waals surface area (Å²) in [5.41, 5.74) is -0.909. The van der Waals surface area contributed by atoms with E-state index in [1.807, 2.05) is 0 Å². The minimum atomic E-state index is -4.69. The lowest BCUT2D eigenvalue weighted by molar-refractivity contribution is -0.147. The molecular weight excluding hydrogens is 317 g/mol. The summed E-state index contributed by atoms with van der Waals surface area (Å²) < 4.78 is 39.1. The largest absolute Gasteiger partial charge is 0.451 e. The topological polar surface area (TPSA) is 52.7 Å². The van der Waals surface area contributed by atoms with Gasteiger partial charge in [0.2, 0.25) is 5.82 Å². The second kappa shape index (κ2) is 4.23. The number of nitrogens with zero attached hydrogens (tertiary/aromatic N) is 4. The van der Waals surface area contributed by atoms with Crippen LogP contribution in [-0.2, 0) is 13.2 Å². The third-order valence-corrected chi connectivity index (χ3v) is 2.59. The second-order valence-corrected chi connectivity index (χ2v) is 4.21. The molecule has 2 aromatic rings. The maximum Gasteiger partial charge on any atom is 0.451 e. The van der Waals surface area contributed by atoms with Crippen LogP contribution < -0.4 is 5.69 Å². The summed E-state index contributed by atoms with van der Waals surface area (Å²) in [5, 5.41) is 3.25. The zero-order valence-electron chi connectivity index (χ0n) is 8.94. The van der Waals surface area contributed by atoms with Gasteiger partial charge in [-0.25, -0.2) is 9.78 Å². The average molecular weight is 323 g/mol. The molecule has 0 aliphatic rings. The summed E-state index contributed by atoms with van der Waals surface area (Å²) in [6.45, 7) is 0. The summed E-state index contributed by atoms with van der Waals surface area (Å²) in [6.07, 6.45) is -4.69. The maximum absolute atomic E-state index is 12.6. The number of alkyl halides is 3. The van der Waals surface area contributed by atoms with Crippen LogP contribution in [0, 0.1) is 0 Å². The molecule has 0 N–H and O–H groups in total. The lowest BCUT2D eigenvalue weighted by atomic mass is 10.5. The molecule has 18 heavy (non-hydrogen) atoms. The molecule has 2 aromatic heterocycles. The summed E-state index contributed by atoms with van der Waals surface area (Å²) in [5.74, 6) is -1.25. The van der Waals surface area contributed by atoms with Gasteiger partial charge in [0.25, 0.3) is 0 Å². The van der Waals surface area contributed by atoms with Crippen LogP contribution in [0.1, 0.15) is 5.82 Å². The molecule has 0 atom stereocenters. The first kappa shape index (κ1) is 12.8. The molecule has 0 aliphatic heterocycles. The van der Waals surface area contributed by atoms with E-state index in [4.69, 9.17) is 0 Å². The molecule has 0 aromatic carbocycles. The molecule has 0 fully saturated rings. The lowest BCUT2D eigenvalue weighted by Crippen LogP contribution is -2.23. The fraction of sp³-hybridized carbons (Fsp3) is 0.222. The maximum atomic E-state index is 12.6. The molecule has 96 valence electrons. The van der Waals surface area contributed by atoms with E-state index in [1.54, 1.807) is 12.1 Å². The first-order chi connectivity index (χ1) is 8.30. The first-order valence-electron chi connectivity index (χ1n) is 4.67. The third-order valence-electron chi connectivity index (χ3n) is 2.15. The zero-order chi connectivity index (χ0) is 13.5. The van der Waals surface area contributed by atoms with Crippen LogP contribution in [0.4, 0.5) is 13.2 Å². The molecule has 5 nitrogen and oxygen atoms in total. The fourth-order valence-corrected chi connectivity index (χ4v) is 1.68. The zero-order valence-corrected chi connectivity index (χ0v) is 10.5. The standard InChI is InChI=1S/C9H6BrF3N4O/c1-16-7(9(11,12)13)15-17(8(16)18)6-4-2-3-5(10)14-6/h2-4H,1H3. The monoisotopic (exact) mass is 322 g/mol. The highest BCUT2D eigenvalue weighted by atomic mass is 79.9. The van der Waals surface area contributed by atoms with Crippen molar-refractivity contribution in [3.05, 3.63) is 39.1 Å². The molecule has 0 amide bonds. The molecule has 0 bridgehead atoms.